The van der Waals surface area contributed by atoms with Gasteiger partial charge in [0.2, 0.25) is 10.0 Å². The number of H-pyrrole nitrogens is 1. The monoisotopic (exact) mass is 362 g/mol. The highest BCUT2D eigenvalue weighted by Gasteiger charge is 2.30. The van der Waals surface area contributed by atoms with Gasteiger partial charge in [-0.25, -0.2) is 8.42 Å². The van der Waals surface area contributed by atoms with Gasteiger partial charge in [0.05, 0.1) is 11.1 Å². The van der Waals surface area contributed by atoms with E-state index in [1.807, 2.05) is 19.9 Å². The molecule has 3 rings (SSSR count). The summed E-state index contributed by atoms with van der Waals surface area (Å²) in [6, 6.07) is 3.51. The number of aryl methyl sites for hydroxylation is 2. The molecule has 1 aliphatic rings. The van der Waals surface area contributed by atoms with Gasteiger partial charge < -0.3 is 16.0 Å². The van der Waals surface area contributed by atoms with Crippen molar-refractivity contribution >= 4 is 32.5 Å². The van der Waals surface area contributed by atoms with E-state index in [0.717, 1.165) is 27.7 Å². The van der Waals surface area contributed by atoms with Gasteiger partial charge in [-0.2, -0.15) is 4.31 Å². The van der Waals surface area contributed by atoms with E-state index in [0.29, 0.717) is 30.6 Å². The van der Waals surface area contributed by atoms with E-state index < -0.39 is 15.9 Å². The molecule has 1 saturated heterocycles. The summed E-state index contributed by atoms with van der Waals surface area (Å²) in [5, 5.41) is 5.31. The van der Waals surface area contributed by atoms with Crippen LogP contribution in [0.1, 0.15) is 28.0 Å². The number of benzene rings is 1. The molecule has 2 heterocycles. The van der Waals surface area contributed by atoms with Crippen molar-refractivity contribution in [3.63, 3.8) is 0 Å². The topological polar surface area (TPSA) is 108 Å². The molecule has 0 aliphatic carbocycles. The van der Waals surface area contributed by atoms with Crippen molar-refractivity contribution in [3.8, 4) is 0 Å². The third-order valence-corrected chi connectivity index (χ3v) is 6.27. The van der Waals surface area contributed by atoms with Gasteiger partial charge in [0.25, 0.3) is 5.91 Å². The third kappa shape index (κ3) is 3.03. The number of fused-ring (bicyclic) bond motifs is 1. The highest BCUT2D eigenvalue weighted by molar-refractivity contribution is 7.92. The van der Waals surface area contributed by atoms with Gasteiger partial charge in [0, 0.05) is 41.3 Å². The fourth-order valence-electron chi connectivity index (χ4n) is 3.32. The summed E-state index contributed by atoms with van der Waals surface area (Å²) >= 11 is 0. The lowest BCUT2D eigenvalue weighted by atomic mass is 10.0. The van der Waals surface area contributed by atoms with Crippen molar-refractivity contribution in [3.05, 3.63) is 40.9 Å². The average molecular weight is 362 g/mol. The second-order valence-electron chi connectivity index (χ2n) is 6.35. The second kappa shape index (κ2) is 6.20. The molecular formula is C17H22N4O3S. The molecule has 8 heteroatoms. The Balaban J connectivity index is 1.94. The van der Waals surface area contributed by atoms with Gasteiger partial charge in [0.1, 0.15) is 0 Å². The highest BCUT2D eigenvalue weighted by Crippen LogP contribution is 2.32. The number of nitrogens with zero attached hydrogens (tertiary/aromatic N) is 1. The van der Waals surface area contributed by atoms with Gasteiger partial charge in [-0.1, -0.05) is 6.58 Å². The van der Waals surface area contributed by atoms with E-state index in [2.05, 4.69) is 16.9 Å². The first-order valence-corrected chi connectivity index (χ1v) is 9.55. The van der Waals surface area contributed by atoms with Crippen molar-refractivity contribution in [2.75, 3.05) is 18.4 Å². The first kappa shape index (κ1) is 17.5. The number of amides is 1. The standard InChI is InChI=1S/C17H22N4O3S/c1-4-25(23,24)21-8-7-12(9-21)20-14-6-5-13(17(18)22)16-15(14)10(2)11(3)19-16/h4-6,12,19-20H,1,7-9H2,2-3H3,(H2,18,22). The zero-order valence-corrected chi connectivity index (χ0v) is 15.1. The lowest BCUT2D eigenvalue weighted by Gasteiger charge is -2.17. The molecule has 0 radical (unpaired) electrons. The number of nitrogens with one attached hydrogen (secondary N) is 2. The van der Waals surface area contributed by atoms with Crippen LogP contribution < -0.4 is 11.1 Å². The van der Waals surface area contributed by atoms with E-state index >= 15 is 0 Å². The number of sulfonamides is 1. The number of aromatic amines is 1. The molecule has 0 saturated carbocycles. The van der Waals surface area contributed by atoms with Gasteiger partial charge in [-0.3, -0.25) is 4.79 Å². The molecule has 1 atom stereocenters. The fourth-order valence-corrected chi connectivity index (χ4v) is 4.28. The molecule has 1 aromatic heterocycles. The molecule has 1 fully saturated rings. The first-order chi connectivity index (χ1) is 11.7. The Labute approximate surface area is 146 Å². The molecule has 0 spiro atoms. The van der Waals surface area contributed by atoms with Crippen LogP contribution in [0.2, 0.25) is 0 Å². The maximum absolute atomic E-state index is 11.9. The minimum atomic E-state index is -3.40. The van der Waals surface area contributed by atoms with Crippen molar-refractivity contribution < 1.29 is 13.2 Å². The summed E-state index contributed by atoms with van der Waals surface area (Å²) in [5.41, 5.74) is 9.49. The van der Waals surface area contributed by atoms with Gasteiger partial charge in [0.15, 0.2) is 0 Å². The Morgan fingerprint density at radius 3 is 2.80 bits per heavy atom. The van der Waals surface area contributed by atoms with Crippen molar-refractivity contribution in [2.24, 2.45) is 5.73 Å². The molecule has 134 valence electrons. The molecule has 1 amide bonds. The first-order valence-electron chi connectivity index (χ1n) is 8.05. The van der Waals surface area contributed by atoms with Crippen LogP contribution in [0, 0.1) is 13.8 Å². The minimum Gasteiger partial charge on any atom is -0.380 e. The second-order valence-corrected chi connectivity index (χ2v) is 8.23. The summed E-state index contributed by atoms with van der Waals surface area (Å²) < 4.78 is 25.2. The van der Waals surface area contributed by atoms with E-state index in [4.69, 9.17) is 5.73 Å². The average Bonchev–Trinajstić information content (AvgIpc) is 3.14. The van der Waals surface area contributed by atoms with Crippen LogP contribution in [-0.4, -0.2) is 42.7 Å². The van der Waals surface area contributed by atoms with Crippen LogP contribution in [0.25, 0.3) is 10.9 Å². The van der Waals surface area contributed by atoms with Crippen LogP contribution >= 0.6 is 0 Å². The third-order valence-electron chi connectivity index (χ3n) is 4.80. The molecule has 1 unspecified atom stereocenters. The molecule has 4 N–H and O–H groups in total. The predicted octanol–water partition coefficient (Wildman–Crippen LogP) is 1.84. The quantitative estimate of drug-likeness (QED) is 0.754. The smallest absolute Gasteiger partial charge is 0.250 e. The Morgan fingerprint density at radius 2 is 2.16 bits per heavy atom. The summed E-state index contributed by atoms with van der Waals surface area (Å²) in [7, 11) is -3.40. The number of carbonyl (C=O) groups excluding carboxylic acids is 1. The summed E-state index contributed by atoms with van der Waals surface area (Å²) in [6.45, 7) is 8.13. The molecule has 25 heavy (non-hydrogen) atoms. The van der Waals surface area contributed by atoms with E-state index in [1.54, 1.807) is 6.07 Å². The Morgan fingerprint density at radius 1 is 1.44 bits per heavy atom. The number of aromatic nitrogens is 1. The van der Waals surface area contributed by atoms with E-state index in [9.17, 15) is 13.2 Å². The lowest BCUT2D eigenvalue weighted by molar-refractivity contribution is 0.100. The van der Waals surface area contributed by atoms with Gasteiger partial charge in [-0.15, -0.1) is 0 Å². The van der Waals surface area contributed by atoms with Crippen LogP contribution in [0.15, 0.2) is 24.1 Å². The minimum absolute atomic E-state index is 0.00745. The van der Waals surface area contributed by atoms with Crippen LogP contribution in [-0.2, 0) is 10.0 Å². The Kier molecular flexibility index (Phi) is 4.34. The van der Waals surface area contributed by atoms with Crippen LogP contribution in [0.4, 0.5) is 5.69 Å². The number of hydrogen-bond donors (Lipinski definition) is 3. The number of hydrogen-bond acceptors (Lipinski definition) is 4. The summed E-state index contributed by atoms with van der Waals surface area (Å²) in [5.74, 6) is -0.484. The van der Waals surface area contributed by atoms with E-state index in [1.165, 1.54) is 4.31 Å². The number of rotatable bonds is 5. The predicted molar refractivity (Wildman–Crippen MR) is 99.0 cm³/mol. The number of primary amides is 1. The number of carbonyl (C=O) groups is 1. The molecule has 7 nitrogen and oxygen atoms in total. The lowest BCUT2D eigenvalue weighted by Crippen LogP contribution is -2.30. The largest absolute Gasteiger partial charge is 0.380 e. The fraction of sp³-hybridized carbons (Fsp3) is 0.353. The molecule has 2 aromatic rings. The Hall–Kier alpha value is -2.32. The molecule has 1 aliphatic heterocycles. The van der Waals surface area contributed by atoms with E-state index in [-0.39, 0.29) is 6.04 Å². The zero-order valence-electron chi connectivity index (χ0n) is 14.3. The summed E-state index contributed by atoms with van der Waals surface area (Å²) in [6.07, 6.45) is 0.703. The van der Waals surface area contributed by atoms with Crippen LogP contribution in [0.5, 0.6) is 0 Å². The maximum atomic E-state index is 11.9. The van der Waals surface area contributed by atoms with Gasteiger partial charge in [-0.05, 0) is 38.0 Å². The maximum Gasteiger partial charge on any atom is 0.250 e. The van der Waals surface area contributed by atoms with Gasteiger partial charge >= 0.3 is 0 Å². The number of nitrogens with two attached hydrogens (primary N) is 1. The van der Waals surface area contributed by atoms with Crippen molar-refractivity contribution in [1.29, 1.82) is 0 Å². The SMILES string of the molecule is C=CS(=O)(=O)N1CCC(Nc2ccc(C(N)=O)c3[nH]c(C)c(C)c23)C1. The zero-order chi connectivity index (χ0) is 18.4. The van der Waals surface area contributed by atoms with Crippen LogP contribution in [0.3, 0.4) is 0 Å². The molecule has 0 bridgehead atoms. The highest BCUT2D eigenvalue weighted by atomic mass is 32.2. The normalized spacial score (nSPS) is 18.6. The van der Waals surface area contributed by atoms with Crippen molar-refractivity contribution in [1.82, 2.24) is 9.29 Å². The van der Waals surface area contributed by atoms with Crippen molar-refractivity contribution in [2.45, 2.75) is 26.3 Å². The number of anilines is 1. The molecule has 1 aromatic carbocycles. The summed E-state index contributed by atoms with van der Waals surface area (Å²) in [4.78, 5) is 14.9. The molecular weight excluding hydrogens is 340 g/mol. The Bertz CT molecular complexity index is 962.